The number of amides is 1. The minimum Gasteiger partial charge on any atom is -0.462 e. The second-order valence-electron chi connectivity index (χ2n) is 10.2. The predicted octanol–water partition coefficient (Wildman–Crippen LogP) is 6.72. The molecular formula is C30H33N3O4S. The average Bonchev–Trinajstić information content (AvgIpc) is 3.57. The molecule has 0 bridgehead atoms. The molecule has 2 aromatic heterocycles. The van der Waals surface area contributed by atoms with Crippen LogP contribution in [0.25, 0.3) is 16.8 Å². The molecule has 3 aromatic rings. The first kappa shape index (κ1) is 26.0. The quantitative estimate of drug-likeness (QED) is 0.250. The number of thiophene rings is 1. The molecule has 1 aliphatic heterocycles. The Morgan fingerprint density at radius 3 is 2.68 bits per heavy atom. The van der Waals surface area contributed by atoms with Gasteiger partial charge in [0.25, 0.3) is 0 Å². The maximum Gasteiger partial charge on any atom is 0.343 e. The zero-order valence-corrected chi connectivity index (χ0v) is 23.1. The molecule has 8 heteroatoms. The van der Waals surface area contributed by atoms with E-state index in [4.69, 9.17) is 14.6 Å². The van der Waals surface area contributed by atoms with E-state index in [0.717, 1.165) is 46.9 Å². The van der Waals surface area contributed by atoms with E-state index < -0.39 is 5.97 Å². The molecule has 1 saturated carbocycles. The molecule has 0 radical (unpaired) electrons. The second-order valence-corrected chi connectivity index (χ2v) is 11.2. The number of rotatable bonds is 7. The summed E-state index contributed by atoms with van der Waals surface area (Å²) in [5, 5.41) is 5.57. The van der Waals surface area contributed by atoms with Crippen molar-refractivity contribution in [2.75, 3.05) is 11.5 Å². The van der Waals surface area contributed by atoms with E-state index in [9.17, 15) is 9.59 Å². The number of benzene rings is 1. The number of anilines is 1. The van der Waals surface area contributed by atoms with Crippen LogP contribution in [0.1, 0.15) is 74.2 Å². The molecule has 3 heterocycles. The zero-order chi connectivity index (χ0) is 26.8. The summed E-state index contributed by atoms with van der Waals surface area (Å²) >= 11 is 1.47. The van der Waals surface area contributed by atoms with Crippen LogP contribution in [0.4, 0.5) is 5.82 Å². The Morgan fingerprint density at radius 1 is 1.18 bits per heavy atom. The Morgan fingerprint density at radius 2 is 1.95 bits per heavy atom. The fourth-order valence-corrected chi connectivity index (χ4v) is 5.86. The molecule has 2 aliphatic rings. The molecule has 1 aromatic carbocycles. The highest BCUT2D eigenvalue weighted by molar-refractivity contribution is 7.15. The van der Waals surface area contributed by atoms with Crippen LogP contribution < -0.4 is 9.64 Å². The number of esters is 1. The van der Waals surface area contributed by atoms with E-state index in [0.29, 0.717) is 17.5 Å². The van der Waals surface area contributed by atoms with Crippen molar-refractivity contribution in [3.05, 3.63) is 64.3 Å². The van der Waals surface area contributed by atoms with Crippen molar-refractivity contribution in [2.45, 2.75) is 59.4 Å². The van der Waals surface area contributed by atoms with Crippen molar-refractivity contribution in [3.8, 4) is 10.8 Å². The van der Waals surface area contributed by atoms with E-state index >= 15 is 0 Å². The summed E-state index contributed by atoms with van der Waals surface area (Å²) in [5.41, 5.74) is 4.49. The number of carbonyl (C=O) groups excluding carboxylic acids is 2. The fraction of sp³-hybridized carbons (Fsp3) is 0.400. The summed E-state index contributed by atoms with van der Waals surface area (Å²) < 4.78 is 13.1. The molecule has 0 atom stereocenters. The number of para-hydroxylation sites is 1. The number of hydrogen-bond acceptors (Lipinski definition) is 6. The topological polar surface area (TPSA) is 73.7 Å². The Balaban J connectivity index is 1.48. The first-order valence-corrected chi connectivity index (χ1v) is 14.1. The molecule has 38 heavy (non-hydrogen) atoms. The van der Waals surface area contributed by atoms with E-state index in [2.05, 4.69) is 12.7 Å². The minimum absolute atomic E-state index is 0.0270. The lowest BCUT2D eigenvalue weighted by Crippen LogP contribution is -2.43. The van der Waals surface area contributed by atoms with Gasteiger partial charge in [0.05, 0.1) is 11.5 Å². The molecule has 7 nitrogen and oxygen atoms in total. The number of ether oxygens (including phenoxy) is 2. The normalized spacial score (nSPS) is 18.5. The molecule has 5 rings (SSSR count). The van der Waals surface area contributed by atoms with Crippen LogP contribution in [0.15, 0.2) is 48.3 Å². The fourth-order valence-electron chi connectivity index (χ4n) is 4.99. The number of carbonyl (C=O) groups is 2. The van der Waals surface area contributed by atoms with Gasteiger partial charge >= 0.3 is 5.97 Å². The van der Waals surface area contributed by atoms with Crippen molar-refractivity contribution < 1.29 is 19.1 Å². The molecule has 0 N–H and O–H groups in total. The number of fused-ring (bicyclic) bond motifs is 1. The molecular weight excluding hydrogens is 498 g/mol. The third-order valence-corrected chi connectivity index (χ3v) is 8.14. The Bertz CT molecular complexity index is 1400. The van der Waals surface area contributed by atoms with Gasteiger partial charge in [0.15, 0.2) is 11.6 Å². The predicted molar refractivity (Wildman–Crippen MR) is 150 cm³/mol. The van der Waals surface area contributed by atoms with Crippen LogP contribution in [0.2, 0.25) is 0 Å². The summed E-state index contributed by atoms with van der Waals surface area (Å²) in [6.45, 7) is 8.16. The molecule has 1 amide bonds. The van der Waals surface area contributed by atoms with Crippen molar-refractivity contribution in [2.24, 2.45) is 11.8 Å². The van der Waals surface area contributed by atoms with Gasteiger partial charge in [-0.15, -0.1) is 16.4 Å². The van der Waals surface area contributed by atoms with Gasteiger partial charge < -0.3 is 9.47 Å². The Labute approximate surface area is 227 Å². The van der Waals surface area contributed by atoms with Gasteiger partial charge in [0.2, 0.25) is 5.91 Å². The second kappa shape index (κ2) is 11.0. The average molecular weight is 532 g/mol. The highest BCUT2D eigenvalue weighted by atomic mass is 32.1. The molecule has 0 spiro atoms. The SMILES string of the molecule is CCOC(=O)c1cn(-c2ccc(C3=C=Cc4ccccc4O3)s2)nc1N(C(=O)C1CCC(C)CC1)C(C)C. The van der Waals surface area contributed by atoms with E-state index in [-0.39, 0.29) is 30.0 Å². The summed E-state index contributed by atoms with van der Waals surface area (Å²) in [4.78, 5) is 29.3. The number of aromatic nitrogens is 2. The highest BCUT2D eigenvalue weighted by Crippen LogP contribution is 2.35. The van der Waals surface area contributed by atoms with Crippen molar-refractivity contribution in [1.29, 1.82) is 0 Å². The van der Waals surface area contributed by atoms with E-state index in [1.807, 2.05) is 56.3 Å². The summed E-state index contributed by atoms with van der Waals surface area (Å²) in [5.74, 6) is 1.87. The van der Waals surface area contributed by atoms with Crippen LogP contribution in [0.5, 0.6) is 5.75 Å². The van der Waals surface area contributed by atoms with Gasteiger partial charge in [-0.2, -0.15) is 0 Å². The molecule has 1 aliphatic carbocycles. The first-order chi connectivity index (χ1) is 18.4. The maximum absolute atomic E-state index is 13.7. The van der Waals surface area contributed by atoms with E-state index in [1.165, 1.54) is 11.3 Å². The number of hydrogen-bond donors (Lipinski definition) is 0. The van der Waals surface area contributed by atoms with Gasteiger partial charge in [-0.05, 0) is 76.6 Å². The van der Waals surface area contributed by atoms with Gasteiger partial charge in [-0.25, -0.2) is 9.48 Å². The van der Waals surface area contributed by atoms with E-state index in [1.54, 1.807) is 22.7 Å². The lowest BCUT2D eigenvalue weighted by Gasteiger charge is -2.32. The smallest absolute Gasteiger partial charge is 0.343 e. The lowest BCUT2D eigenvalue weighted by molar-refractivity contribution is -0.124. The monoisotopic (exact) mass is 531 g/mol. The Hall–Kier alpha value is -3.61. The van der Waals surface area contributed by atoms with Crippen molar-refractivity contribution >= 4 is 40.9 Å². The third-order valence-electron chi connectivity index (χ3n) is 7.07. The highest BCUT2D eigenvalue weighted by Gasteiger charge is 2.34. The lowest BCUT2D eigenvalue weighted by atomic mass is 9.82. The van der Waals surface area contributed by atoms with Crippen LogP contribution in [-0.4, -0.2) is 34.3 Å². The first-order valence-electron chi connectivity index (χ1n) is 13.3. The summed E-state index contributed by atoms with van der Waals surface area (Å²) in [7, 11) is 0. The molecule has 1 fully saturated rings. The van der Waals surface area contributed by atoms with Gasteiger partial charge in [-0.3, -0.25) is 9.69 Å². The van der Waals surface area contributed by atoms with Gasteiger partial charge in [-0.1, -0.05) is 30.9 Å². The third kappa shape index (κ3) is 5.19. The number of nitrogens with zero attached hydrogens (tertiary/aromatic N) is 3. The zero-order valence-electron chi connectivity index (χ0n) is 22.3. The van der Waals surface area contributed by atoms with Gasteiger partial charge in [0.1, 0.15) is 16.3 Å². The minimum atomic E-state index is -0.487. The van der Waals surface area contributed by atoms with Crippen LogP contribution in [0, 0.1) is 11.8 Å². The maximum atomic E-state index is 13.7. The summed E-state index contributed by atoms with van der Waals surface area (Å²) in [6.07, 6.45) is 7.37. The summed E-state index contributed by atoms with van der Waals surface area (Å²) in [6, 6.07) is 11.5. The molecule has 0 saturated heterocycles. The van der Waals surface area contributed by atoms with Crippen LogP contribution in [-0.2, 0) is 9.53 Å². The largest absolute Gasteiger partial charge is 0.462 e. The standard InChI is InChI=1S/C30H33N3O4S/c1-5-36-30(35)23-18-32(31-28(23)33(19(2)3)29(34)22-12-10-20(4)11-13-22)27-17-16-26(38-27)25-15-14-21-8-6-7-9-24(21)37-25/h6-9,14,16-20,22H,5,10-13H2,1-4H3. The Kier molecular flexibility index (Phi) is 7.54. The van der Waals surface area contributed by atoms with Crippen molar-refractivity contribution in [3.63, 3.8) is 0 Å². The molecule has 0 unspecified atom stereocenters. The van der Waals surface area contributed by atoms with Crippen LogP contribution >= 0.6 is 11.3 Å². The van der Waals surface area contributed by atoms with Gasteiger partial charge in [0, 0.05) is 23.7 Å². The molecule has 198 valence electrons. The van der Waals surface area contributed by atoms with Crippen LogP contribution in [0.3, 0.4) is 0 Å². The van der Waals surface area contributed by atoms with Crippen molar-refractivity contribution in [1.82, 2.24) is 9.78 Å².